The van der Waals surface area contributed by atoms with Gasteiger partial charge in [-0.1, -0.05) is 26.0 Å². The summed E-state index contributed by atoms with van der Waals surface area (Å²) in [6.45, 7) is 5.56. The van der Waals surface area contributed by atoms with Crippen LogP contribution in [0.5, 0.6) is 0 Å². The molecule has 4 fully saturated rings. The number of amides is 2. The average molecular weight is 477 g/mol. The van der Waals surface area contributed by atoms with Crippen molar-refractivity contribution in [3.63, 3.8) is 0 Å². The van der Waals surface area contributed by atoms with Gasteiger partial charge in [-0.05, 0) is 79.2 Å². The van der Waals surface area contributed by atoms with Crippen molar-refractivity contribution in [1.82, 2.24) is 14.9 Å². The highest BCUT2D eigenvalue weighted by Crippen LogP contribution is 2.70. The molecule has 0 spiro atoms. The first-order valence-corrected chi connectivity index (χ1v) is 12.8. The van der Waals surface area contributed by atoms with E-state index in [1.807, 2.05) is 0 Å². The van der Waals surface area contributed by atoms with Gasteiger partial charge in [-0.25, -0.2) is 14.4 Å². The van der Waals surface area contributed by atoms with E-state index in [-0.39, 0.29) is 29.3 Å². The third kappa shape index (κ3) is 4.03. The third-order valence-electron chi connectivity index (χ3n) is 8.93. The lowest BCUT2D eigenvalue weighted by atomic mass is 9.40. The van der Waals surface area contributed by atoms with Crippen molar-refractivity contribution >= 4 is 17.6 Å². The van der Waals surface area contributed by atoms with Crippen LogP contribution in [0.2, 0.25) is 0 Å². The van der Waals surface area contributed by atoms with E-state index in [9.17, 15) is 14.0 Å². The molecular formula is C28H33FN4O2. The van der Waals surface area contributed by atoms with Gasteiger partial charge >= 0.3 is 0 Å². The first-order chi connectivity index (χ1) is 16.6. The maximum atomic E-state index is 14.1. The van der Waals surface area contributed by atoms with Crippen molar-refractivity contribution < 1.29 is 14.0 Å². The Morgan fingerprint density at radius 1 is 1.09 bits per heavy atom. The summed E-state index contributed by atoms with van der Waals surface area (Å²) in [6.07, 6.45) is 9.89. The van der Waals surface area contributed by atoms with Gasteiger partial charge in [0, 0.05) is 18.5 Å². The van der Waals surface area contributed by atoms with Gasteiger partial charge in [0.2, 0.25) is 5.91 Å². The number of halogens is 1. The van der Waals surface area contributed by atoms with Gasteiger partial charge in [0.1, 0.15) is 18.0 Å². The molecule has 1 aromatic heterocycles. The van der Waals surface area contributed by atoms with Gasteiger partial charge in [-0.15, -0.1) is 0 Å². The highest BCUT2D eigenvalue weighted by molar-refractivity contribution is 5.95. The van der Waals surface area contributed by atoms with Crippen LogP contribution in [-0.2, 0) is 17.8 Å². The fourth-order valence-electron chi connectivity index (χ4n) is 8.84. The zero-order valence-electron chi connectivity index (χ0n) is 20.6. The van der Waals surface area contributed by atoms with Gasteiger partial charge < -0.3 is 10.2 Å². The molecule has 1 aliphatic heterocycles. The van der Waals surface area contributed by atoms with Gasteiger partial charge in [0.15, 0.2) is 0 Å². The molecule has 7 rings (SSSR count). The van der Waals surface area contributed by atoms with E-state index in [1.54, 1.807) is 17.0 Å². The number of nitrogens with zero attached hydrogens (tertiary/aromatic N) is 3. The normalized spacial score (nSPS) is 32.9. The van der Waals surface area contributed by atoms with Crippen LogP contribution < -0.4 is 5.32 Å². The minimum Gasteiger partial charge on any atom is -0.332 e. The first-order valence-electron chi connectivity index (χ1n) is 12.8. The molecule has 2 atom stereocenters. The van der Waals surface area contributed by atoms with Crippen LogP contribution in [0.15, 0.2) is 30.6 Å². The second kappa shape index (κ2) is 7.84. The molecule has 4 bridgehead atoms. The largest absolute Gasteiger partial charge is 0.332 e. The molecule has 184 valence electrons. The summed E-state index contributed by atoms with van der Waals surface area (Å²) in [7, 11) is 0. The molecule has 4 aliphatic carbocycles. The average Bonchev–Trinajstić information content (AvgIpc) is 2.76. The van der Waals surface area contributed by atoms with Crippen LogP contribution in [0.3, 0.4) is 0 Å². The maximum absolute atomic E-state index is 14.1. The van der Waals surface area contributed by atoms with Crippen LogP contribution >= 0.6 is 0 Å². The number of hydrogen-bond acceptors (Lipinski definition) is 4. The Balaban J connectivity index is 1.17. The highest BCUT2D eigenvalue weighted by atomic mass is 19.1. The predicted octanol–water partition coefficient (Wildman–Crippen LogP) is 5.14. The number of anilines is 1. The second-order valence-electron chi connectivity index (χ2n) is 12.5. The van der Waals surface area contributed by atoms with Crippen LogP contribution in [-0.4, -0.2) is 33.2 Å². The molecule has 0 radical (unpaired) electrons. The smallest absolute Gasteiger partial charge is 0.257 e. The summed E-state index contributed by atoms with van der Waals surface area (Å²) in [5, 5.41) is 3.10. The molecule has 2 aromatic rings. The standard InChI is InChI=1S/C28H33FN4O2/c1-26-9-18-10-27(2,14-26)16-28(11-18,15-26)12-23(34)32-24-20-7-8-33(13-22(20)30-17-31-24)25(35)19-5-3-4-6-21(19)29/h3-6,17-18H,7-16H2,1-2H3,(H,30,31,32,34). The molecule has 6 nitrogen and oxygen atoms in total. The predicted molar refractivity (Wildman–Crippen MR) is 130 cm³/mol. The van der Waals surface area contributed by atoms with E-state index >= 15 is 0 Å². The number of hydrogen-bond donors (Lipinski definition) is 1. The lowest BCUT2D eigenvalue weighted by molar-refractivity contribution is -0.153. The summed E-state index contributed by atoms with van der Waals surface area (Å²) in [6, 6.07) is 6.04. The fourth-order valence-corrected chi connectivity index (χ4v) is 8.84. The number of carbonyl (C=O) groups excluding carboxylic acids is 2. The van der Waals surface area contributed by atoms with Crippen molar-refractivity contribution in [2.45, 2.75) is 71.8 Å². The number of nitrogens with one attached hydrogen (secondary N) is 1. The van der Waals surface area contributed by atoms with Gasteiger partial charge in [-0.3, -0.25) is 9.59 Å². The number of aromatic nitrogens is 2. The molecule has 4 saturated carbocycles. The van der Waals surface area contributed by atoms with Crippen LogP contribution in [0.1, 0.15) is 80.4 Å². The molecule has 1 N–H and O–H groups in total. The summed E-state index contributed by atoms with van der Waals surface area (Å²) < 4.78 is 14.1. The third-order valence-corrected chi connectivity index (χ3v) is 8.93. The van der Waals surface area contributed by atoms with Crippen LogP contribution in [0.4, 0.5) is 10.2 Å². The number of benzene rings is 1. The summed E-state index contributed by atoms with van der Waals surface area (Å²) in [4.78, 5) is 36.6. The monoisotopic (exact) mass is 476 g/mol. The molecular weight excluding hydrogens is 443 g/mol. The van der Waals surface area contributed by atoms with Crippen molar-refractivity contribution in [3.8, 4) is 0 Å². The van der Waals surface area contributed by atoms with Crippen molar-refractivity contribution in [2.75, 3.05) is 11.9 Å². The Morgan fingerprint density at radius 3 is 2.54 bits per heavy atom. The van der Waals surface area contributed by atoms with Crippen molar-refractivity contribution in [3.05, 3.63) is 53.2 Å². The Kier molecular flexibility index (Phi) is 5.07. The number of fused-ring (bicyclic) bond motifs is 1. The van der Waals surface area contributed by atoms with E-state index in [0.29, 0.717) is 41.7 Å². The SMILES string of the molecule is CC12CC3CC(C)(C1)CC(CC(=O)Nc1ncnc4c1CCN(C(=O)c1ccccc1F)C4)(C3)C2. The van der Waals surface area contributed by atoms with Gasteiger partial charge in [0.25, 0.3) is 5.91 Å². The minimum atomic E-state index is -0.522. The van der Waals surface area contributed by atoms with E-state index in [0.717, 1.165) is 24.3 Å². The first kappa shape index (κ1) is 22.6. The summed E-state index contributed by atoms with van der Waals surface area (Å²) in [5.74, 6) is 0.469. The molecule has 7 heteroatoms. The molecule has 2 heterocycles. The molecule has 2 unspecified atom stereocenters. The number of carbonyl (C=O) groups is 2. The zero-order valence-corrected chi connectivity index (χ0v) is 20.6. The molecule has 1 aromatic carbocycles. The second-order valence-corrected chi connectivity index (χ2v) is 12.5. The Bertz CT molecular complexity index is 1200. The van der Waals surface area contributed by atoms with E-state index in [4.69, 9.17) is 0 Å². The minimum absolute atomic E-state index is 0.0323. The lowest BCUT2D eigenvalue weighted by Gasteiger charge is -2.65. The Labute approximate surface area is 205 Å². The number of rotatable bonds is 4. The van der Waals surface area contributed by atoms with E-state index in [2.05, 4.69) is 29.1 Å². The van der Waals surface area contributed by atoms with Crippen LogP contribution in [0.25, 0.3) is 0 Å². The molecule has 2 amide bonds. The maximum Gasteiger partial charge on any atom is 0.257 e. The fraction of sp³-hybridized carbons (Fsp3) is 0.571. The molecule has 0 saturated heterocycles. The summed E-state index contributed by atoms with van der Waals surface area (Å²) >= 11 is 0. The highest BCUT2D eigenvalue weighted by Gasteiger charge is 2.60. The van der Waals surface area contributed by atoms with E-state index < -0.39 is 5.82 Å². The Morgan fingerprint density at radius 2 is 1.83 bits per heavy atom. The summed E-state index contributed by atoms with van der Waals surface area (Å²) in [5.41, 5.74) is 2.50. The zero-order chi connectivity index (χ0) is 24.4. The van der Waals surface area contributed by atoms with Crippen molar-refractivity contribution in [2.24, 2.45) is 22.2 Å². The van der Waals surface area contributed by atoms with Gasteiger partial charge in [0.05, 0.1) is 17.8 Å². The molecule has 5 aliphatic rings. The Hall–Kier alpha value is -2.83. The van der Waals surface area contributed by atoms with Crippen molar-refractivity contribution in [1.29, 1.82) is 0 Å². The topological polar surface area (TPSA) is 75.2 Å². The van der Waals surface area contributed by atoms with E-state index in [1.165, 1.54) is 44.1 Å². The quantitative estimate of drug-likeness (QED) is 0.663. The lowest BCUT2D eigenvalue weighted by Crippen LogP contribution is -2.55. The van der Waals surface area contributed by atoms with Gasteiger partial charge in [-0.2, -0.15) is 0 Å². The van der Waals surface area contributed by atoms with Crippen LogP contribution in [0, 0.1) is 28.0 Å². The molecule has 35 heavy (non-hydrogen) atoms.